The summed E-state index contributed by atoms with van der Waals surface area (Å²) < 4.78 is 27.2. The average Bonchev–Trinajstić information content (AvgIpc) is 2.94. The second-order valence-corrected chi connectivity index (χ2v) is 10.4. The molecule has 1 aromatic heterocycles. The van der Waals surface area contributed by atoms with Gasteiger partial charge in [-0.05, 0) is 69.7 Å². The topological polar surface area (TPSA) is 130 Å². The maximum absolute atomic E-state index is 13.2. The molecule has 42 heavy (non-hydrogen) atoms. The Morgan fingerprint density at radius 2 is 1.60 bits per heavy atom. The molecule has 218 valence electrons. The smallest absolute Gasteiger partial charge is 0.408 e. The van der Waals surface area contributed by atoms with Crippen molar-refractivity contribution in [2.24, 2.45) is 0 Å². The van der Waals surface area contributed by atoms with E-state index in [-0.39, 0.29) is 34.6 Å². The summed E-state index contributed by atoms with van der Waals surface area (Å²) in [4.78, 5) is 50.6. The van der Waals surface area contributed by atoms with Gasteiger partial charge in [-0.25, -0.2) is 14.4 Å². The number of carbonyl (C=O) groups is 3. The Morgan fingerprint density at radius 1 is 0.929 bits per heavy atom. The van der Waals surface area contributed by atoms with E-state index in [1.54, 1.807) is 27.7 Å². The first-order valence-corrected chi connectivity index (χ1v) is 13.1. The number of benzene rings is 3. The van der Waals surface area contributed by atoms with Crippen molar-refractivity contribution in [2.75, 3.05) is 7.11 Å². The van der Waals surface area contributed by atoms with Gasteiger partial charge < -0.3 is 28.7 Å². The molecule has 0 fully saturated rings. The third-order valence-electron chi connectivity index (χ3n) is 5.96. The molecule has 4 aromatic rings. The van der Waals surface area contributed by atoms with E-state index in [2.05, 4.69) is 10.1 Å². The van der Waals surface area contributed by atoms with E-state index in [0.717, 1.165) is 5.56 Å². The molecule has 0 spiro atoms. The molecule has 3 aromatic carbocycles. The summed E-state index contributed by atoms with van der Waals surface area (Å²) in [6.45, 7) is 6.73. The van der Waals surface area contributed by atoms with Crippen LogP contribution in [0.4, 0.5) is 4.79 Å². The number of nitrogens with one attached hydrogen (secondary N) is 1. The van der Waals surface area contributed by atoms with Crippen molar-refractivity contribution >= 4 is 29.0 Å². The number of alkyl carbamates (subject to hydrolysis) is 1. The lowest BCUT2D eigenvalue weighted by molar-refractivity contribution is -0.136. The van der Waals surface area contributed by atoms with Crippen molar-refractivity contribution in [3.05, 3.63) is 99.9 Å². The van der Waals surface area contributed by atoms with E-state index in [1.165, 1.54) is 49.6 Å². The fraction of sp³-hybridized carbons (Fsp3) is 0.250. The summed E-state index contributed by atoms with van der Waals surface area (Å²) in [5, 5.41) is 2.79. The molecule has 1 atom stereocenters. The summed E-state index contributed by atoms with van der Waals surface area (Å²) in [5.41, 5.74) is 0.131. The molecule has 10 nitrogen and oxygen atoms in total. The number of rotatable bonds is 8. The minimum Gasteiger partial charge on any atom is -0.465 e. The number of ether oxygens (including phenoxy) is 4. The number of hydrogen-bond donors (Lipinski definition) is 1. The second-order valence-electron chi connectivity index (χ2n) is 10.4. The molecule has 0 aliphatic heterocycles. The Hall–Kier alpha value is -5.12. The third kappa shape index (κ3) is 7.54. The van der Waals surface area contributed by atoms with Gasteiger partial charge in [-0.15, -0.1) is 0 Å². The first kappa shape index (κ1) is 29.9. The molecule has 1 heterocycles. The number of hydrogen-bond acceptors (Lipinski definition) is 9. The zero-order chi connectivity index (χ0) is 30.4. The van der Waals surface area contributed by atoms with E-state index < -0.39 is 35.1 Å². The number of fused-ring (bicyclic) bond motifs is 1. The van der Waals surface area contributed by atoms with Gasteiger partial charge in [0.05, 0.1) is 18.1 Å². The van der Waals surface area contributed by atoms with Gasteiger partial charge in [0.25, 0.3) is 0 Å². The molecule has 1 amide bonds. The molecule has 4 rings (SSSR count). The molecule has 0 radical (unpaired) electrons. The Kier molecular flexibility index (Phi) is 8.95. The molecule has 0 aliphatic rings. The summed E-state index contributed by atoms with van der Waals surface area (Å²) in [7, 11) is 1.28. The fourth-order valence-electron chi connectivity index (χ4n) is 4.02. The second kappa shape index (κ2) is 12.6. The summed E-state index contributed by atoms with van der Waals surface area (Å²) >= 11 is 0. The van der Waals surface area contributed by atoms with Gasteiger partial charge in [-0.3, -0.25) is 4.79 Å². The van der Waals surface area contributed by atoms with Gasteiger partial charge in [0.15, 0.2) is 0 Å². The molecule has 0 saturated heterocycles. The molecular weight excluding hydrogens is 542 g/mol. The summed E-state index contributed by atoms with van der Waals surface area (Å²) in [5.74, 6) is -0.606. The fourth-order valence-corrected chi connectivity index (χ4v) is 4.02. The molecule has 0 bridgehead atoms. The third-order valence-corrected chi connectivity index (χ3v) is 5.96. The number of methoxy groups -OCH3 is 1. The van der Waals surface area contributed by atoms with Crippen LogP contribution in [0.25, 0.3) is 11.0 Å². The maximum atomic E-state index is 13.2. The Labute approximate surface area is 242 Å². The van der Waals surface area contributed by atoms with Gasteiger partial charge in [-0.1, -0.05) is 30.3 Å². The standard InChI is InChI=1S/C32H31NO9/c1-19-28(40-22-13-11-21(12-14-22)29(35)38-5)27(34)24-16-15-23(18-26(24)39-19)41-30(36)25(17-20-9-7-6-8-10-20)33-31(37)42-32(2,3)4/h6-16,18,25H,17H2,1-5H3,(H,33,37)/t25-/m0/s1. The minimum atomic E-state index is -1.05. The van der Waals surface area contributed by atoms with Crippen LogP contribution in [0, 0.1) is 6.92 Å². The molecular formula is C32H31NO9. The highest BCUT2D eigenvalue weighted by molar-refractivity contribution is 5.89. The van der Waals surface area contributed by atoms with Gasteiger partial charge in [0.2, 0.25) is 11.2 Å². The van der Waals surface area contributed by atoms with E-state index in [9.17, 15) is 19.2 Å². The molecule has 0 saturated carbocycles. The number of esters is 2. The van der Waals surface area contributed by atoms with Gasteiger partial charge in [0, 0.05) is 12.5 Å². The van der Waals surface area contributed by atoms with Crippen LogP contribution in [0.2, 0.25) is 0 Å². The zero-order valence-corrected chi connectivity index (χ0v) is 23.9. The number of carbonyl (C=O) groups excluding carboxylic acids is 3. The first-order valence-electron chi connectivity index (χ1n) is 13.1. The van der Waals surface area contributed by atoms with E-state index in [0.29, 0.717) is 11.3 Å². The lowest BCUT2D eigenvalue weighted by Crippen LogP contribution is -2.46. The van der Waals surface area contributed by atoms with Crippen molar-refractivity contribution in [3.8, 4) is 17.2 Å². The van der Waals surface area contributed by atoms with Gasteiger partial charge in [-0.2, -0.15) is 0 Å². The van der Waals surface area contributed by atoms with Crippen LogP contribution in [-0.2, 0) is 20.7 Å². The van der Waals surface area contributed by atoms with Crippen molar-refractivity contribution in [1.29, 1.82) is 0 Å². The zero-order valence-electron chi connectivity index (χ0n) is 23.9. The van der Waals surface area contributed by atoms with E-state index in [4.69, 9.17) is 18.6 Å². The van der Waals surface area contributed by atoms with Gasteiger partial charge in [0.1, 0.15) is 34.5 Å². The van der Waals surface area contributed by atoms with Crippen molar-refractivity contribution < 1.29 is 37.7 Å². The highest BCUT2D eigenvalue weighted by atomic mass is 16.6. The van der Waals surface area contributed by atoms with Crippen LogP contribution >= 0.6 is 0 Å². The highest BCUT2D eigenvalue weighted by Crippen LogP contribution is 2.28. The van der Waals surface area contributed by atoms with Crippen LogP contribution in [0.5, 0.6) is 17.2 Å². The quantitative estimate of drug-likeness (QED) is 0.208. The van der Waals surface area contributed by atoms with Crippen molar-refractivity contribution in [3.63, 3.8) is 0 Å². The Bertz CT molecular complexity index is 1650. The average molecular weight is 574 g/mol. The monoisotopic (exact) mass is 573 g/mol. The highest BCUT2D eigenvalue weighted by Gasteiger charge is 2.27. The maximum Gasteiger partial charge on any atom is 0.408 e. The van der Waals surface area contributed by atoms with E-state index >= 15 is 0 Å². The molecule has 1 N–H and O–H groups in total. The van der Waals surface area contributed by atoms with Gasteiger partial charge >= 0.3 is 18.0 Å². The van der Waals surface area contributed by atoms with Crippen LogP contribution in [0.1, 0.15) is 42.5 Å². The molecule has 10 heteroatoms. The number of aryl methyl sites for hydroxylation is 1. The Morgan fingerprint density at radius 3 is 2.24 bits per heavy atom. The Balaban J connectivity index is 1.55. The van der Waals surface area contributed by atoms with E-state index in [1.807, 2.05) is 30.3 Å². The predicted molar refractivity (Wildman–Crippen MR) is 154 cm³/mol. The van der Waals surface area contributed by atoms with Crippen LogP contribution < -0.4 is 20.2 Å². The first-order chi connectivity index (χ1) is 19.9. The van der Waals surface area contributed by atoms with Crippen molar-refractivity contribution in [1.82, 2.24) is 5.32 Å². The van der Waals surface area contributed by atoms with Crippen LogP contribution in [0.3, 0.4) is 0 Å². The lowest BCUT2D eigenvalue weighted by atomic mass is 10.1. The van der Waals surface area contributed by atoms with Crippen LogP contribution in [-0.4, -0.2) is 36.8 Å². The largest absolute Gasteiger partial charge is 0.465 e. The summed E-state index contributed by atoms with van der Waals surface area (Å²) in [6.07, 6.45) is -0.588. The lowest BCUT2D eigenvalue weighted by Gasteiger charge is -2.23. The molecule has 0 aliphatic carbocycles. The number of amides is 1. The normalized spacial score (nSPS) is 11.8. The molecule has 0 unspecified atom stereocenters. The predicted octanol–water partition coefficient (Wildman–Crippen LogP) is 5.72. The summed E-state index contributed by atoms with van der Waals surface area (Å²) in [6, 6.07) is 18.6. The van der Waals surface area contributed by atoms with Crippen molar-refractivity contribution in [2.45, 2.75) is 45.8 Å². The minimum absolute atomic E-state index is 0.0254. The van der Waals surface area contributed by atoms with Crippen LogP contribution in [0.15, 0.2) is 82.0 Å². The SMILES string of the molecule is COC(=O)c1ccc(Oc2c(C)oc3cc(OC(=O)[C@H](Cc4ccccc4)NC(=O)OC(C)(C)C)ccc3c2=O)cc1.